The van der Waals surface area contributed by atoms with Crippen LogP contribution in [0, 0.1) is 6.92 Å². The Bertz CT molecular complexity index is 1140. The van der Waals surface area contributed by atoms with Gasteiger partial charge in [-0.05, 0) is 38.1 Å². The first kappa shape index (κ1) is 19.5. The van der Waals surface area contributed by atoms with E-state index in [1.54, 1.807) is 41.1 Å². The first-order valence-corrected chi connectivity index (χ1v) is 9.72. The van der Waals surface area contributed by atoms with Crippen LogP contribution >= 0.6 is 23.2 Å². The lowest BCUT2D eigenvalue weighted by Crippen LogP contribution is -2.09. The van der Waals surface area contributed by atoms with Crippen molar-refractivity contribution < 1.29 is 13.7 Å². The van der Waals surface area contributed by atoms with Crippen molar-refractivity contribution in [3.8, 4) is 11.5 Å². The fourth-order valence-corrected chi connectivity index (χ4v) is 3.85. The minimum Gasteiger partial charge on any atom is -0.461 e. The van der Waals surface area contributed by atoms with Gasteiger partial charge in [0.2, 0.25) is 5.76 Å². The average Bonchev–Trinajstić information content (AvgIpc) is 3.42. The largest absolute Gasteiger partial charge is 0.461 e. The van der Waals surface area contributed by atoms with Crippen LogP contribution in [0.1, 0.15) is 40.3 Å². The maximum absolute atomic E-state index is 12.7. The summed E-state index contributed by atoms with van der Waals surface area (Å²) in [5, 5.41) is 9.56. The van der Waals surface area contributed by atoms with Crippen molar-refractivity contribution in [3.63, 3.8) is 0 Å². The van der Waals surface area contributed by atoms with Crippen LogP contribution in [-0.4, -0.2) is 20.7 Å². The van der Waals surface area contributed by atoms with Crippen LogP contribution < -0.4 is 0 Å². The van der Waals surface area contributed by atoms with E-state index in [0.29, 0.717) is 21.6 Å². The molecule has 1 aromatic carbocycles. The van der Waals surface area contributed by atoms with Crippen LogP contribution in [0.4, 0.5) is 0 Å². The lowest BCUT2D eigenvalue weighted by atomic mass is 10.1. The van der Waals surface area contributed by atoms with Gasteiger partial charge in [-0.25, -0.2) is 0 Å². The van der Waals surface area contributed by atoms with Gasteiger partial charge in [-0.2, -0.15) is 5.10 Å². The Balaban J connectivity index is 1.55. The minimum absolute atomic E-state index is 0.152. The Labute approximate surface area is 177 Å². The predicted octanol–water partition coefficient (Wildman–Crippen LogP) is 5.78. The molecule has 3 heterocycles. The second-order valence-electron chi connectivity index (χ2n) is 6.68. The van der Waals surface area contributed by atoms with Crippen molar-refractivity contribution in [1.29, 1.82) is 0 Å². The number of aryl methyl sites for hydroxylation is 1. The number of carbonyl (C=O) groups excluding carboxylic acids is 1. The van der Waals surface area contributed by atoms with Crippen LogP contribution in [0.25, 0.3) is 11.5 Å². The first-order valence-electron chi connectivity index (χ1n) is 8.96. The second-order valence-corrected chi connectivity index (χ2v) is 7.50. The van der Waals surface area contributed by atoms with Crippen molar-refractivity contribution in [2.75, 3.05) is 0 Å². The topological polar surface area (TPSA) is 74.1 Å². The highest BCUT2D eigenvalue weighted by molar-refractivity contribution is 6.36. The van der Waals surface area contributed by atoms with E-state index < -0.39 is 0 Å². The normalized spacial score (nSPS) is 12.3. The average molecular weight is 430 g/mol. The fourth-order valence-electron chi connectivity index (χ4n) is 3.14. The highest BCUT2D eigenvalue weighted by Crippen LogP contribution is 2.32. The van der Waals surface area contributed by atoms with Gasteiger partial charge in [-0.3, -0.25) is 9.48 Å². The Hall–Kier alpha value is -2.83. The van der Waals surface area contributed by atoms with E-state index >= 15 is 0 Å². The quantitative estimate of drug-likeness (QED) is 0.363. The number of ketones is 1. The summed E-state index contributed by atoms with van der Waals surface area (Å²) in [5.41, 5.74) is 2.58. The Kier molecular flexibility index (Phi) is 5.30. The molecule has 0 aliphatic carbocycles. The molecular weight excluding hydrogens is 413 g/mol. The van der Waals surface area contributed by atoms with Crippen LogP contribution in [0.3, 0.4) is 0 Å². The van der Waals surface area contributed by atoms with E-state index in [1.165, 1.54) is 6.26 Å². The molecule has 0 aliphatic heterocycles. The number of nitrogens with zero attached hydrogens (tertiary/aromatic N) is 3. The number of benzene rings is 1. The molecule has 4 aromatic rings. The standard InChI is InChI=1S/C21H17Cl2N3O3/c1-12-14(9-18(27)17-10-20(29-25-17)19-7-4-8-28-19)11-26(24-12)13(2)21-15(22)5-3-6-16(21)23/h3-8,10-11,13H,9H2,1-2H3. The number of aromatic nitrogens is 3. The molecule has 29 heavy (non-hydrogen) atoms. The van der Waals surface area contributed by atoms with Gasteiger partial charge < -0.3 is 8.94 Å². The summed E-state index contributed by atoms with van der Waals surface area (Å²) < 4.78 is 12.2. The number of halogens is 2. The zero-order valence-electron chi connectivity index (χ0n) is 15.7. The lowest BCUT2D eigenvalue weighted by molar-refractivity contribution is 0.0984. The van der Waals surface area contributed by atoms with Crippen LogP contribution in [0.15, 0.2) is 57.8 Å². The van der Waals surface area contributed by atoms with Crippen molar-refractivity contribution >= 4 is 29.0 Å². The number of rotatable bonds is 6. The number of hydrogen-bond donors (Lipinski definition) is 0. The summed E-state index contributed by atoms with van der Waals surface area (Å²) >= 11 is 12.6. The van der Waals surface area contributed by atoms with E-state index in [-0.39, 0.29) is 23.9 Å². The summed E-state index contributed by atoms with van der Waals surface area (Å²) in [7, 11) is 0. The highest BCUT2D eigenvalue weighted by Gasteiger charge is 2.21. The van der Waals surface area contributed by atoms with Gasteiger partial charge in [0.05, 0.1) is 18.0 Å². The smallest absolute Gasteiger partial charge is 0.202 e. The number of Topliss-reactive ketones (excluding diaryl/α,β-unsaturated/α-hetero) is 1. The molecule has 4 rings (SSSR count). The van der Waals surface area contributed by atoms with E-state index in [4.69, 9.17) is 32.1 Å². The SMILES string of the molecule is Cc1nn(C(C)c2c(Cl)cccc2Cl)cc1CC(=O)c1cc(-c2ccco2)on1. The molecule has 1 unspecified atom stereocenters. The fraction of sp³-hybridized carbons (Fsp3) is 0.190. The maximum atomic E-state index is 12.7. The second kappa shape index (κ2) is 7.89. The van der Waals surface area contributed by atoms with Gasteiger partial charge in [0.25, 0.3) is 0 Å². The Morgan fingerprint density at radius 3 is 2.62 bits per heavy atom. The molecule has 0 bridgehead atoms. The molecule has 0 amide bonds. The van der Waals surface area contributed by atoms with Gasteiger partial charge in [0.15, 0.2) is 17.2 Å². The predicted molar refractivity (Wildman–Crippen MR) is 109 cm³/mol. The molecule has 148 valence electrons. The first-order chi connectivity index (χ1) is 13.9. The molecule has 1 atom stereocenters. The molecule has 0 fully saturated rings. The maximum Gasteiger partial charge on any atom is 0.202 e. The van der Waals surface area contributed by atoms with Crippen LogP contribution in [-0.2, 0) is 6.42 Å². The third kappa shape index (κ3) is 3.86. The van der Waals surface area contributed by atoms with Gasteiger partial charge >= 0.3 is 0 Å². The number of hydrogen-bond acceptors (Lipinski definition) is 5. The van der Waals surface area contributed by atoms with Gasteiger partial charge in [0.1, 0.15) is 0 Å². The molecule has 0 radical (unpaired) electrons. The van der Waals surface area contributed by atoms with Crippen LogP contribution in [0.2, 0.25) is 10.0 Å². The van der Waals surface area contributed by atoms with Crippen molar-refractivity contribution in [2.45, 2.75) is 26.3 Å². The molecule has 8 heteroatoms. The molecular formula is C21H17Cl2N3O3. The molecule has 0 aliphatic rings. The minimum atomic E-state index is -0.184. The molecule has 3 aromatic heterocycles. The molecule has 0 N–H and O–H groups in total. The zero-order chi connectivity index (χ0) is 20.5. The summed E-state index contributed by atoms with van der Waals surface area (Å²) in [6.45, 7) is 3.81. The lowest BCUT2D eigenvalue weighted by Gasteiger charge is -2.15. The third-order valence-corrected chi connectivity index (χ3v) is 5.40. The molecule has 0 saturated carbocycles. The Morgan fingerprint density at radius 2 is 1.93 bits per heavy atom. The van der Waals surface area contributed by atoms with Crippen molar-refractivity contribution in [3.05, 3.63) is 81.4 Å². The third-order valence-electron chi connectivity index (χ3n) is 4.74. The summed E-state index contributed by atoms with van der Waals surface area (Å²) in [4.78, 5) is 12.7. The molecule has 0 saturated heterocycles. The van der Waals surface area contributed by atoms with E-state index in [2.05, 4.69) is 10.3 Å². The monoisotopic (exact) mass is 429 g/mol. The van der Waals surface area contributed by atoms with Gasteiger partial charge in [-0.1, -0.05) is 34.4 Å². The summed E-state index contributed by atoms with van der Waals surface area (Å²) in [6, 6.07) is 10.3. The van der Waals surface area contributed by atoms with Gasteiger partial charge in [-0.15, -0.1) is 0 Å². The van der Waals surface area contributed by atoms with Crippen molar-refractivity contribution in [2.24, 2.45) is 0 Å². The molecule has 6 nitrogen and oxygen atoms in total. The molecule has 0 spiro atoms. The van der Waals surface area contributed by atoms with Crippen LogP contribution in [0.5, 0.6) is 0 Å². The van der Waals surface area contributed by atoms with Crippen molar-refractivity contribution in [1.82, 2.24) is 14.9 Å². The van der Waals surface area contributed by atoms with E-state index in [1.807, 2.05) is 20.0 Å². The summed E-state index contributed by atoms with van der Waals surface area (Å²) in [5.74, 6) is 0.761. The zero-order valence-corrected chi connectivity index (χ0v) is 17.2. The van der Waals surface area contributed by atoms with E-state index in [9.17, 15) is 4.79 Å². The summed E-state index contributed by atoms with van der Waals surface area (Å²) in [6.07, 6.45) is 3.52. The van der Waals surface area contributed by atoms with E-state index in [0.717, 1.165) is 16.8 Å². The Morgan fingerprint density at radius 1 is 1.17 bits per heavy atom. The number of furan rings is 1. The highest BCUT2D eigenvalue weighted by atomic mass is 35.5. The number of carbonyl (C=O) groups is 1. The van der Waals surface area contributed by atoms with Gasteiger partial charge in [0, 0.05) is 39.9 Å².